The molecule has 14 heteroatoms. The van der Waals surface area contributed by atoms with Gasteiger partial charge < -0.3 is 43.2 Å². The van der Waals surface area contributed by atoms with Crippen molar-refractivity contribution in [2.24, 2.45) is 0 Å². The number of hydrogen-bond acceptors (Lipinski definition) is 13. The van der Waals surface area contributed by atoms with Crippen molar-refractivity contribution in [1.29, 1.82) is 0 Å². The second-order valence-corrected chi connectivity index (χ2v) is 8.44. The van der Waals surface area contributed by atoms with Crippen LogP contribution in [0.5, 0.6) is 17.2 Å². The van der Waals surface area contributed by atoms with Crippen molar-refractivity contribution in [3.05, 3.63) is 17.7 Å². The van der Waals surface area contributed by atoms with Crippen molar-refractivity contribution in [2.45, 2.75) is 64.1 Å². The van der Waals surface area contributed by atoms with E-state index < -0.39 is 66.3 Å². The highest BCUT2D eigenvalue weighted by Gasteiger charge is 2.58. The molecule has 1 amide bonds. The monoisotopic (exact) mass is 539 g/mol. The fourth-order valence-electron chi connectivity index (χ4n) is 4.61. The second-order valence-electron chi connectivity index (χ2n) is 8.44. The molecule has 1 fully saturated rings. The van der Waals surface area contributed by atoms with Crippen molar-refractivity contribution in [3.8, 4) is 17.2 Å². The van der Waals surface area contributed by atoms with E-state index >= 15 is 0 Å². The van der Waals surface area contributed by atoms with Crippen LogP contribution >= 0.6 is 0 Å². The molecule has 2 aliphatic rings. The third-order valence-electron chi connectivity index (χ3n) is 5.81. The van der Waals surface area contributed by atoms with Crippen molar-refractivity contribution in [1.82, 2.24) is 5.32 Å². The number of nitrogens with one attached hydrogen (secondary N) is 1. The van der Waals surface area contributed by atoms with Gasteiger partial charge in [-0.05, 0) is 17.7 Å². The third kappa shape index (κ3) is 6.18. The predicted octanol–water partition coefficient (Wildman–Crippen LogP) is 0.972. The zero-order valence-electron chi connectivity index (χ0n) is 21.6. The second kappa shape index (κ2) is 11.9. The molecule has 14 nitrogen and oxygen atoms in total. The van der Waals surface area contributed by atoms with Crippen LogP contribution in [0.2, 0.25) is 0 Å². The van der Waals surface area contributed by atoms with Crippen LogP contribution in [0.4, 0.5) is 4.79 Å². The van der Waals surface area contributed by atoms with E-state index in [1.54, 1.807) is 12.1 Å². The highest BCUT2D eigenvalue weighted by Crippen LogP contribution is 2.47. The molecule has 1 N–H and O–H groups in total. The van der Waals surface area contributed by atoms with Crippen LogP contribution < -0.4 is 19.5 Å². The Morgan fingerprint density at radius 2 is 1.29 bits per heavy atom. The number of carbonyl (C=O) groups excluding carboxylic acids is 5. The third-order valence-corrected chi connectivity index (χ3v) is 5.81. The van der Waals surface area contributed by atoms with Crippen molar-refractivity contribution < 1.29 is 61.9 Å². The van der Waals surface area contributed by atoms with Crippen LogP contribution in [-0.4, -0.2) is 81.4 Å². The molecule has 0 aromatic heterocycles. The molecule has 0 bridgehead atoms. The summed E-state index contributed by atoms with van der Waals surface area (Å²) in [6.07, 6.45) is -6.66. The molecule has 1 saturated carbocycles. The number of benzene rings is 1. The minimum Gasteiger partial charge on any atom is -0.493 e. The van der Waals surface area contributed by atoms with Crippen LogP contribution in [0.1, 0.15) is 39.2 Å². The van der Waals surface area contributed by atoms with Gasteiger partial charge in [0, 0.05) is 33.6 Å². The first-order valence-electron chi connectivity index (χ1n) is 11.5. The molecular formula is C24H29NO13. The average molecular weight is 539 g/mol. The number of carbonyl (C=O) groups is 5. The highest BCUT2D eigenvalue weighted by atomic mass is 16.7. The average Bonchev–Trinajstić information content (AvgIpc) is 3.30. The maximum absolute atomic E-state index is 12.5. The number of alkyl carbamates (subject to hydrolysis) is 1. The first-order valence-corrected chi connectivity index (χ1v) is 11.5. The van der Waals surface area contributed by atoms with E-state index in [0.29, 0.717) is 11.3 Å². The Labute approximate surface area is 217 Å². The molecule has 38 heavy (non-hydrogen) atoms. The van der Waals surface area contributed by atoms with E-state index in [4.69, 9.17) is 37.9 Å². The van der Waals surface area contributed by atoms with Crippen molar-refractivity contribution in [2.75, 3.05) is 21.0 Å². The molecule has 0 spiro atoms. The minimum atomic E-state index is -1.49. The van der Waals surface area contributed by atoms with Crippen LogP contribution in [-0.2, 0) is 42.9 Å². The molecule has 1 aromatic rings. The first-order chi connectivity index (χ1) is 18.0. The molecule has 0 saturated heterocycles. The summed E-state index contributed by atoms with van der Waals surface area (Å²) in [5.41, 5.74) is 0.356. The summed E-state index contributed by atoms with van der Waals surface area (Å²) in [5, 5.41) is 2.58. The Morgan fingerprint density at radius 3 is 1.82 bits per heavy atom. The lowest BCUT2D eigenvalue weighted by atomic mass is 9.72. The fraction of sp³-hybridized carbons (Fsp3) is 0.542. The highest BCUT2D eigenvalue weighted by molar-refractivity contribution is 5.71. The van der Waals surface area contributed by atoms with Crippen LogP contribution in [0, 0.1) is 0 Å². The summed E-state index contributed by atoms with van der Waals surface area (Å²) < 4.78 is 43.3. The molecule has 1 heterocycles. The largest absolute Gasteiger partial charge is 0.493 e. The Bertz CT molecular complexity index is 1100. The van der Waals surface area contributed by atoms with E-state index in [2.05, 4.69) is 5.32 Å². The van der Waals surface area contributed by atoms with Gasteiger partial charge in [-0.25, -0.2) is 4.79 Å². The van der Waals surface area contributed by atoms with Gasteiger partial charge in [0.25, 0.3) is 0 Å². The van der Waals surface area contributed by atoms with E-state index in [9.17, 15) is 24.0 Å². The van der Waals surface area contributed by atoms with Crippen LogP contribution in [0.25, 0.3) is 0 Å². The number of rotatable bonds is 7. The lowest BCUT2D eigenvalue weighted by Gasteiger charge is -2.48. The summed E-state index contributed by atoms with van der Waals surface area (Å²) in [6.45, 7) is 4.35. The fourth-order valence-corrected chi connectivity index (χ4v) is 4.61. The number of methoxy groups -OCH3 is 2. The van der Waals surface area contributed by atoms with E-state index in [0.717, 1.165) is 34.8 Å². The molecule has 1 aromatic carbocycles. The van der Waals surface area contributed by atoms with E-state index in [1.807, 2.05) is 0 Å². The molecule has 6 atom stereocenters. The van der Waals surface area contributed by atoms with Crippen molar-refractivity contribution >= 4 is 30.0 Å². The van der Waals surface area contributed by atoms with Gasteiger partial charge in [-0.15, -0.1) is 0 Å². The van der Waals surface area contributed by atoms with Gasteiger partial charge in [-0.3, -0.25) is 19.2 Å². The molecule has 0 radical (unpaired) electrons. The number of esters is 4. The van der Waals surface area contributed by atoms with Gasteiger partial charge in [0.15, 0.2) is 35.9 Å². The Morgan fingerprint density at radius 1 is 0.763 bits per heavy atom. The first kappa shape index (κ1) is 28.3. The predicted molar refractivity (Wildman–Crippen MR) is 123 cm³/mol. The molecule has 1 aliphatic carbocycles. The van der Waals surface area contributed by atoms with Crippen LogP contribution in [0.3, 0.4) is 0 Å². The van der Waals surface area contributed by atoms with Gasteiger partial charge in [-0.1, -0.05) is 0 Å². The summed E-state index contributed by atoms with van der Waals surface area (Å²) in [7, 11) is 2.52. The number of amides is 1. The zero-order valence-corrected chi connectivity index (χ0v) is 21.6. The summed E-state index contributed by atoms with van der Waals surface area (Å²) in [5.74, 6) is -3.40. The van der Waals surface area contributed by atoms with Crippen molar-refractivity contribution in [3.63, 3.8) is 0 Å². The lowest BCUT2D eigenvalue weighted by Crippen LogP contribution is -2.68. The number of fused-ring (bicyclic) bond motifs is 1. The molecular weight excluding hydrogens is 510 g/mol. The SMILES string of the molecule is COC(=O)N[C@H]1[C@H](OC(C)=O)[C@H](OC(C)=O)[C@@H](OC(C)=O)[C@H](OC(C)=O)[C@@H]1c1cc(OC)c2c(c1)OCO2. The topological polar surface area (TPSA) is 171 Å². The summed E-state index contributed by atoms with van der Waals surface area (Å²) in [6, 6.07) is 1.86. The number of hydrogen-bond donors (Lipinski definition) is 1. The smallest absolute Gasteiger partial charge is 0.407 e. The Balaban J connectivity index is 2.30. The number of ether oxygens (including phenoxy) is 8. The van der Waals surface area contributed by atoms with E-state index in [1.165, 1.54) is 7.11 Å². The molecule has 0 unspecified atom stereocenters. The summed E-state index contributed by atoms with van der Waals surface area (Å²) >= 11 is 0. The molecule has 1 aliphatic heterocycles. The van der Waals surface area contributed by atoms with Gasteiger partial charge in [0.05, 0.1) is 20.3 Å². The Kier molecular flexibility index (Phi) is 8.86. The van der Waals surface area contributed by atoms with Gasteiger partial charge in [0.1, 0.15) is 0 Å². The van der Waals surface area contributed by atoms with Gasteiger partial charge in [0.2, 0.25) is 12.5 Å². The lowest BCUT2D eigenvalue weighted by molar-refractivity contribution is -0.217. The maximum Gasteiger partial charge on any atom is 0.407 e. The minimum absolute atomic E-state index is 0.0856. The standard InChI is InChI=1S/C24H29NO13/c1-10(26)35-20-17(14-7-15(31-5)19-16(8-14)33-9-34-19)18(25-24(30)32-6)21(36-11(2)27)23(38-13(4)29)22(20)37-12(3)28/h7-8,17-18,20-23H,9H2,1-6H3,(H,25,30)/t17-,18-,20-,21+,22+,23+/m1/s1. The van der Waals surface area contributed by atoms with Crippen LogP contribution in [0.15, 0.2) is 12.1 Å². The molecule has 3 rings (SSSR count). The van der Waals surface area contributed by atoms with E-state index in [-0.39, 0.29) is 18.3 Å². The quantitative estimate of drug-likeness (QED) is 0.384. The zero-order chi connectivity index (χ0) is 28.1. The Hall–Kier alpha value is -4.23. The maximum atomic E-state index is 12.5. The van der Waals surface area contributed by atoms with Gasteiger partial charge in [-0.2, -0.15) is 0 Å². The molecule has 208 valence electrons. The normalized spacial score (nSPS) is 25.4. The van der Waals surface area contributed by atoms with Gasteiger partial charge >= 0.3 is 30.0 Å². The summed E-state index contributed by atoms with van der Waals surface area (Å²) in [4.78, 5) is 61.1.